The van der Waals surface area contributed by atoms with Crippen molar-refractivity contribution in [2.24, 2.45) is 0 Å². The van der Waals surface area contributed by atoms with Crippen LogP contribution in [-0.2, 0) is 11.3 Å². The molecule has 9 heteroatoms. The van der Waals surface area contributed by atoms with Crippen LogP contribution in [0.25, 0.3) is 16.9 Å². The Balaban J connectivity index is 1.26. The summed E-state index contributed by atoms with van der Waals surface area (Å²) in [6.07, 6.45) is 5.32. The Bertz CT molecular complexity index is 1410. The summed E-state index contributed by atoms with van der Waals surface area (Å²) in [4.78, 5) is 35.2. The van der Waals surface area contributed by atoms with Crippen LogP contribution in [0.2, 0.25) is 0 Å². The highest BCUT2D eigenvalue weighted by Gasteiger charge is 2.21. The first kappa shape index (κ1) is 20.4. The van der Waals surface area contributed by atoms with E-state index in [4.69, 9.17) is 4.74 Å². The highest BCUT2D eigenvalue weighted by molar-refractivity contribution is 5.99. The van der Waals surface area contributed by atoms with E-state index in [9.17, 15) is 9.59 Å². The third kappa shape index (κ3) is 3.56. The van der Waals surface area contributed by atoms with Gasteiger partial charge in [0.15, 0.2) is 5.65 Å². The summed E-state index contributed by atoms with van der Waals surface area (Å²) in [6, 6.07) is 13.4. The van der Waals surface area contributed by atoms with Crippen LogP contribution in [0, 0.1) is 0 Å². The zero-order valence-electron chi connectivity index (χ0n) is 18.3. The third-order valence-electron chi connectivity index (χ3n) is 6.19. The quantitative estimate of drug-likeness (QED) is 0.492. The summed E-state index contributed by atoms with van der Waals surface area (Å²) in [5.74, 6) is -0.110. The number of ether oxygens (including phenoxy) is 1. The number of aromatic nitrogens is 3. The lowest BCUT2D eigenvalue weighted by Crippen LogP contribution is -2.41. The number of carbonyl (C=O) groups excluding carboxylic acids is 2. The molecule has 34 heavy (non-hydrogen) atoms. The Morgan fingerprint density at radius 2 is 1.94 bits per heavy atom. The third-order valence-corrected chi connectivity index (χ3v) is 6.19. The number of nitrogens with zero attached hydrogens (tertiary/aromatic N) is 4. The number of imidazole rings is 1. The number of hydrogen-bond donors (Lipinski definition) is 2. The van der Waals surface area contributed by atoms with Gasteiger partial charge in [-0.05, 0) is 47.5 Å². The van der Waals surface area contributed by atoms with Crippen molar-refractivity contribution in [3.05, 3.63) is 77.9 Å². The maximum Gasteiger partial charge on any atom is 0.272 e. The smallest absolute Gasteiger partial charge is 0.272 e. The first-order valence-electron chi connectivity index (χ1n) is 11.1. The zero-order chi connectivity index (χ0) is 23.1. The lowest BCUT2D eigenvalue weighted by Gasteiger charge is -2.26. The number of pyridine rings is 2. The fraction of sp³-hybridized carbons (Fsp3) is 0.200. The number of rotatable bonds is 4. The standard InChI is InChI=1S/C25H22N6O3/c32-24-19-3-1-16(13-17(19)14-28-24)22-6-5-20(23-26-7-8-31(22)23)29-18-2-4-21(27-15-18)25(33)30-9-11-34-12-10-30/h1-8,13,15,29H,9-12,14H2,(H,28,32). The van der Waals surface area contributed by atoms with E-state index in [1.807, 2.05) is 47.0 Å². The van der Waals surface area contributed by atoms with Crippen LogP contribution >= 0.6 is 0 Å². The highest BCUT2D eigenvalue weighted by atomic mass is 16.5. The predicted molar refractivity (Wildman–Crippen MR) is 126 cm³/mol. The molecule has 170 valence electrons. The minimum absolute atomic E-state index is 0.0276. The second kappa shape index (κ2) is 8.27. The van der Waals surface area contributed by atoms with Crippen molar-refractivity contribution in [2.75, 3.05) is 31.6 Å². The number of nitrogens with one attached hydrogen (secondary N) is 2. The molecule has 2 aliphatic heterocycles. The molecule has 0 bridgehead atoms. The van der Waals surface area contributed by atoms with Gasteiger partial charge >= 0.3 is 0 Å². The van der Waals surface area contributed by atoms with Crippen molar-refractivity contribution < 1.29 is 14.3 Å². The van der Waals surface area contributed by atoms with Crippen molar-refractivity contribution in [1.82, 2.24) is 24.6 Å². The van der Waals surface area contributed by atoms with Crippen LogP contribution in [0.5, 0.6) is 0 Å². The molecule has 0 saturated carbocycles. The monoisotopic (exact) mass is 454 g/mol. The molecule has 4 aromatic rings. The van der Waals surface area contributed by atoms with E-state index in [1.54, 1.807) is 23.4 Å². The van der Waals surface area contributed by atoms with E-state index in [1.165, 1.54) is 0 Å². The van der Waals surface area contributed by atoms with Gasteiger partial charge in [-0.2, -0.15) is 0 Å². The van der Waals surface area contributed by atoms with Crippen molar-refractivity contribution >= 4 is 28.8 Å². The Hall–Kier alpha value is -4.24. The molecular formula is C25H22N6O3. The highest BCUT2D eigenvalue weighted by Crippen LogP contribution is 2.29. The van der Waals surface area contributed by atoms with Crippen molar-refractivity contribution in [3.63, 3.8) is 0 Å². The van der Waals surface area contributed by atoms with Gasteiger partial charge in [0.05, 0.1) is 36.5 Å². The van der Waals surface area contributed by atoms with Gasteiger partial charge in [0.1, 0.15) is 5.69 Å². The zero-order valence-corrected chi connectivity index (χ0v) is 18.3. The SMILES string of the molecule is O=C1NCc2cc(-c3ccc(Nc4ccc(C(=O)N5CCOCC5)nc4)c4nccn34)ccc21. The van der Waals surface area contributed by atoms with Crippen LogP contribution < -0.4 is 10.6 Å². The minimum atomic E-state index is -0.0823. The van der Waals surface area contributed by atoms with E-state index in [0.717, 1.165) is 39.4 Å². The largest absolute Gasteiger partial charge is 0.378 e. The summed E-state index contributed by atoms with van der Waals surface area (Å²) < 4.78 is 7.32. The molecule has 0 radical (unpaired) electrons. The molecular weight excluding hydrogens is 432 g/mol. The molecule has 6 rings (SSSR count). The van der Waals surface area contributed by atoms with Crippen LogP contribution in [0.1, 0.15) is 26.4 Å². The maximum atomic E-state index is 12.6. The normalized spacial score (nSPS) is 15.3. The second-order valence-corrected chi connectivity index (χ2v) is 8.27. The topological polar surface area (TPSA) is 101 Å². The number of anilines is 2. The Morgan fingerprint density at radius 1 is 1.06 bits per heavy atom. The molecule has 1 fully saturated rings. The fourth-order valence-electron chi connectivity index (χ4n) is 4.42. The van der Waals surface area contributed by atoms with Crippen molar-refractivity contribution in [1.29, 1.82) is 0 Å². The Morgan fingerprint density at radius 3 is 2.76 bits per heavy atom. The number of amides is 2. The molecule has 1 aromatic carbocycles. The molecule has 9 nitrogen and oxygen atoms in total. The van der Waals surface area contributed by atoms with Gasteiger partial charge in [-0.15, -0.1) is 0 Å². The molecule has 2 amide bonds. The molecule has 3 aromatic heterocycles. The van der Waals surface area contributed by atoms with Gasteiger partial charge in [0, 0.05) is 37.6 Å². The molecule has 1 saturated heterocycles. The van der Waals surface area contributed by atoms with Gasteiger partial charge in [0.25, 0.3) is 11.8 Å². The lowest BCUT2D eigenvalue weighted by atomic mass is 10.0. The van der Waals surface area contributed by atoms with Crippen molar-refractivity contribution in [2.45, 2.75) is 6.54 Å². The number of carbonyl (C=O) groups is 2. The lowest BCUT2D eigenvalue weighted by molar-refractivity contribution is 0.0299. The first-order valence-corrected chi connectivity index (χ1v) is 11.1. The summed E-state index contributed by atoms with van der Waals surface area (Å²) >= 11 is 0. The second-order valence-electron chi connectivity index (χ2n) is 8.27. The molecule has 2 aliphatic rings. The average Bonchev–Trinajstić information content (AvgIpc) is 3.52. The van der Waals surface area contributed by atoms with Gasteiger partial charge < -0.3 is 20.3 Å². The van der Waals surface area contributed by atoms with Gasteiger partial charge in [-0.1, -0.05) is 6.07 Å². The molecule has 0 unspecified atom stereocenters. The molecule has 2 N–H and O–H groups in total. The molecule has 0 atom stereocenters. The van der Waals surface area contributed by atoms with E-state index in [-0.39, 0.29) is 11.8 Å². The molecule has 5 heterocycles. The number of benzene rings is 1. The average molecular weight is 454 g/mol. The number of fused-ring (bicyclic) bond motifs is 2. The summed E-state index contributed by atoms with van der Waals surface area (Å²) in [5, 5.41) is 6.22. The fourth-order valence-corrected chi connectivity index (χ4v) is 4.42. The first-order chi connectivity index (χ1) is 16.7. The number of hydrogen-bond acceptors (Lipinski definition) is 6. The summed E-state index contributed by atoms with van der Waals surface area (Å²) in [5.41, 5.74) is 6.48. The Labute approximate surface area is 195 Å². The van der Waals surface area contributed by atoms with Gasteiger partial charge in [-0.25, -0.2) is 9.97 Å². The van der Waals surface area contributed by atoms with E-state index in [2.05, 4.69) is 20.6 Å². The van der Waals surface area contributed by atoms with Crippen LogP contribution in [0.3, 0.4) is 0 Å². The van der Waals surface area contributed by atoms with E-state index >= 15 is 0 Å². The van der Waals surface area contributed by atoms with E-state index in [0.29, 0.717) is 38.5 Å². The summed E-state index contributed by atoms with van der Waals surface area (Å²) in [7, 11) is 0. The number of morpholine rings is 1. The van der Waals surface area contributed by atoms with Gasteiger partial charge in [0.2, 0.25) is 0 Å². The minimum Gasteiger partial charge on any atom is -0.378 e. The molecule has 0 spiro atoms. The van der Waals surface area contributed by atoms with Crippen LogP contribution in [0.4, 0.5) is 11.4 Å². The van der Waals surface area contributed by atoms with Crippen LogP contribution in [-0.4, -0.2) is 57.4 Å². The predicted octanol–water partition coefficient (Wildman–Crippen LogP) is 2.86. The maximum absolute atomic E-state index is 12.6. The van der Waals surface area contributed by atoms with E-state index < -0.39 is 0 Å². The Kier molecular flexibility index (Phi) is 4.96. The van der Waals surface area contributed by atoms with Gasteiger partial charge in [-0.3, -0.25) is 14.0 Å². The van der Waals surface area contributed by atoms with Crippen molar-refractivity contribution in [3.8, 4) is 11.3 Å². The summed E-state index contributed by atoms with van der Waals surface area (Å²) in [6.45, 7) is 2.83. The molecule has 0 aliphatic carbocycles. The van der Waals surface area contributed by atoms with Crippen LogP contribution in [0.15, 0.2) is 61.1 Å².